The Morgan fingerprint density at radius 3 is 2.93 bits per heavy atom. The summed E-state index contributed by atoms with van der Waals surface area (Å²) >= 11 is 0. The summed E-state index contributed by atoms with van der Waals surface area (Å²) in [6.07, 6.45) is 14.8. The summed E-state index contributed by atoms with van der Waals surface area (Å²) in [6, 6.07) is 0. The number of carbonyl (C=O) groups excluding carboxylic acids is 1. The van der Waals surface area contributed by atoms with Gasteiger partial charge >= 0.3 is 5.97 Å². The lowest BCUT2D eigenvalue weighted by Crippen LogP contribution is -2.51. The first-order valence-electron chi connectivity index (χ1n) is 11.3. The predicted octanol–water partition coefficient (Wildman–Crippen LogP) is 3.99. The van der Waals surface area contributed by atoms with E-state index in [-0.39, 0.29) is 23.6 Å². The molecular weight excluding hydrogens is 338 g/mol. The molecule has 2 saturated carbocycles. The Kier molecular flexibility index (Phi) is 4.63. The second kappa shape index (κ2) is 6.88. The maximum atomic E-state index is 12.6. The van der Waals surface area contributed by atoms with Crippen molar-refractivity contribution in [3.63, 3.8) is 0 Å². The monoisotopic (exact) mass is 373 g/mol. The van der Waals surface area contributed by atoms with Gasteiger partial charge in [0.05, 0.1) is 18.1 Å². The number of allylic oxidation sites excluding steroid dienone is 1. The first-order chi connectivity index (χ1) is 13.1. The average molecular weight is 374 g/mol. The van der Waals surface area contributed by atoms with Crippen molar-refractivity contribution in [3.8, 4) is 0 Å². The summed E-state index contributed by atoms with van der Waals surface area (Å²) in [5, 5.41) is 3.58. The molecule has 2 saturated heterocycles. The molecule has 4 nitrogen and oxygen atoms in total. The van der Waals surface area contributed by atoms with E-state index < -0.39 is 0 Å². The van der Waals surface area contributed by atoms with Gasteiger partial charge in [0.1, 0.15) is 6.10 Å². The van der Waals surface area contributed by atoms with Crippen LogP contribution in [0.15, 0.2) is 11.6 Å². The average Bonchev–Trinajstić information content (AvgIpc) is 3.36. The molecule has 1 spiro atoms. The van der Waals surface area contributed by atoms with Crippen LogP contribution in [0.25, 0.3) is 0 Å². The van der Waals surface area contributed by atoms with Gasteiger partial charge in [-0.05, 0) is 82.1 Å². The number of carbonyl (C=O) groups is 1. The largest absolute Gasteiger partial charge is 0.462 e. The number of fused-ring (bicyclic) bond motifs is 3. The molecule has 6 atom stereocenters. The summed E-state index contributed by atoms with van der Waals surface area (Å²) < 4.78 is 11.9. The fraction of sp³-hybridized carbons (Fsp3) is 0.870. The molecule has 4 fully saturated rings. The molecule has 0 radical (unpaired) electrons. The first-order valence-corrected chi connectivity index (χ1v) is 11.3. The molecule has 0 aromatic rings. The molecule has 0 bridgehead atoms. The number of ether oxygens (including phenoxy) is 2. The zero-order valence-electron chi connectivity index (χ0n) is 16.8. The maximum Gasteiger partial charge on any atom is 0.310 e. The van der Waals surface area contributed by atoms with Gasteiger partial charge in [0.2, 0.25) is 0 Å². The molecule has 2 heterocycles. The molecule has 5 aliphatic rings. The van der Waals surface area contributed by atoms with E-state index in [1.807, 2.05) is 0 Å². The highest BCUT2D eigenvalue weighted by atomic mass is 16.6. The van der Waals surface area contributed by atoms with E-state index in [4.69, 9.17) is 9.47 Å². The Bertz CT molecular complexity index is 625. The second-order valence-corrected chi connectivity index (χ2v) is 10.2. The number of esters is 1. The van der Waals surface area contributed by atoms with E-state index in [1.165, 1.54) is 44.9 Å². The smallest absolute Gasteiger partial charge is 0.310 e. The van der Waals surface area contributed by atoms with Crippen molar-refractivity contribution in [2.24, 2.45) is 23.2 Å². The van der Waals surface area contributed by atoms with E-state index in [9.17, 15) is 4.79 Å². The molecule has 1 N–H and O–H groups in total. The Morgan fingerprint density at radius 1 is 1.26 bits per heavy atom. The van der Waals surface area contributed by atoms with Crippen molar-refractivity contribution < 1.29 is 14.3 Å². The summed E-state index contributed by atoms with van der Waals surface area (Å²) in [6.45, 7) is 5.14. The van der Waals surface area contributed by atoms with Crippen LogP contribution in [0, 0.1) is 23.2 Å². The van der Waals surface area contributed by atoms with Crippen molar-refractivity contribution in [3.05, 3.63) is 11.6 Å². The highest BCUT2D eigenvalue weighted by Crippen LogP contribution is 2.62. The molecule has 2 aliphatic heterocycles. The fourth-order valence-corrected chi connectivity index (χ4v) is 6.83. The minimum absolute atomic E-state index is 0.0395. The molecule has 1 unspecified atom stereocenters. The lowest BCUT2D eigenvalue weighted by molar-refractivity contribution is -0.147. The van der Waals surface area contributed by atoms with Crippen LogP contribution < -0.4 is 5.32 Å². The van der Waals surface area contributed by atoms with Gasteiger partial charge in [0.25, 0.3) is 0 Å². The van der Waals surface area contributed by atoms with E-state index >= 15 is 0 Å². The van der Waals surface area contributed by atoms with Gasteiger partial charge in [0, 0.05) is 12.5 Å². The number of hydrogen-bond acceptors (Lipinski definition) is 4. The van der Waals surface area contributed by atoms with Crippen LogP contribution in [0.5, 0.6) is 0 Å². The van der Waals surface area contributed by atoms with Crippen molar-refractivity contribution in [2.75, 3.05) is 19.7 Å². The van der Waals surface area contributed by atoms with E-state index in [1.54, 1.807) is 5.57 Å². The second-order valence-electron chi connectivity index (χ2n) is 10.2. The van der Waals surface area contributed by atoms with Crippen LogP contribution in [-0.2, 0) is 14.3 Å². The lowest BCUT2D eigenvalue weighted by Gasteiger charge is -2.51. The Morgan fingerprint density at radius 2 is 2.15 bits per heavy atom. The van der Waals surface area contributed by atoms with Crippen molar-refractivity contribution in [1.82, 2.24) is 5.32 Å². The summed E-state index contributed by atoms with van der Waals surface area (Å²) in [7, 11) is 0. The van der Waals surface area contributed by atoms with Gasteiger partial charge in [0.15, 0.2) is 0 Å². The van der Waals surface area contributed by atoms with Gasteiger partial charge in [-0.2, -0.15) is 0 Å². The third kappa shape index (κ3) is 3.27. The number of hydrogen-bond donors (Lipinski definition) is 1. The van der Waals surface area contributed by atoms with E-state index in [2.05, 4.69) is 18.3 Å². The van der Waals surface area contributed by atoms with Crippen LogP contribution in [0.4, 0.5) is 0 Å². The molecule has 5 rings (SSSR count). The van der Waals surface area contributed by atoms with Gasteiger partial charge in [-0.25, -0.2) is 0 Å². The topological polar surface area (TPSA) is 50.9 Å². The molecule has 4 heteroatoms. The highest BCUT2D eigenvalue weighted by Gasteiger charge is 2.64. The summed E-state index contributed by atoms with van der Waals surface area (Å²) in [5.41, 5.74) is 2.05. The molecule has 0 amide bonds. The van der Waals surface area contributed by atoms with Gasteiger partial charge in [-0.1, -0.05) is 18.6 Å². The molecule has 150 valence electrons. The quantitative estimate of drug-likeness (QED) is 0.343. The van der Waals surface area contributed by atoms with Gasteiger partial charge in [-0.15, -0.1) is 0 Å². The minimum Gasteiger partial charge on any atom is -0.462 e. The Hall–Kier alpha value is -0.870. The molecule has 0 aromatic carbocycles. The summed E-state index contributed by atoms with van der Waals surface area (Å²) in [4.78, 5) is 12.6. The molecule has 3 aliphatic carbocycles. The predicted molar refractivity (Wildman–Crippen MR) is 104 cm³/mol. The fourth-order valence-electron chi connectivity index (χ4n) is 6.83. The zero-order chi connectivity index (χ0) is 18.5. The number of rotatable bonds is 5. The van der Waals surface area contributed by atoms with Crippen LogP contribution in [0.3, 0.4) is 0 Å². The van der Waals surface area contributed by atoms with Crippen molar-refractivity contribution in [2.45, 2.75) is 82.8 Å². The lowest BCUT2D eigenvalue weighted by atomic mass is 9.53. The third-order valence-electron chi connectivity index (χ3n) is 8.45. The Labute approximate surface area is 163 Å². The summed E-state index contributed by atoms with van der Waals surface area (Å²) in [5.74, 6) is 1.08. The van der Waals surface area contributed by atoms with Crippen LogP contribution in [0.1, 0.15) is 71.1 Å². The van der Waals surface area contributed by atoms with E-state index in [0.29, 0.717) is 17.3 Å². The maximum absolute atomic E-state index is 12.6. The SMILES string of the molecule is C[C@]12CCC[C@]3(CO3)[C@@H]1C[C@@H]1C(CNCCC3=CCCCC3)C(=O)O[C@@H]1C2. The minimum atomic E-state index is 0.0395. The van der Waals surface area contributed by atoms with Crippen molar-refractivity contribution in [1.29, 1.82) is 0 Å². The Balaban J connectivity index is 1.20. The third-order valence-corrected chi connectivity index (χ3v) is 8.45. The first kappa shape index (κ1) is 18.2. The molecular formula is C23H35NO3. The van der Waals surface area contributed by atoms with Crippen LogP contribution >= 0.6 is 0 Å². The van der Waals surface area contributed by atoms with E-state index in [0.717, 1.165) is 39.0 Å². The standard InChI is InChI=1S/C23H35NO3/c1-22-9-5-10-23(15-26-23)20(22)12-17-18(21(25)27-19(17)13-22)14-24-11-8-16-6-3-2-4-7-16/h6,17-20,24H,2-5,7-15H2,1H3/t17-,18?,19-,20-,22-,23+/m1/s1. The number of nitrogens with one attached hydrogen (secondary N) is 1. The number of epoxide rings is 1. The zero-order valence-corrected chi connectivity index (χ0v) is 16.8. The van der Waals surface area contributed by atoms with Crippen LogP contribution in [-0.4, -0.2) is 37.4 Å². The van der Waals surface area contributed by atoms with Gasteiger partial charge < -0.3 is 14.8 Å². The van der Waals surface area contributed by atoms with Crippen molar-refractivity contribution >= 4 is 5.97 Å². The molecule has 27 heavy (non-hydrogen) atoms. The van der Waals surface area contributed by atoms with Crippen LogP contribution in [0.2, 0.25) is 0 Å². The van der Waals surface area contributed by atoms with Gasteiger partial charge in [-0.3, -0.25) is 4.79 Å². The molecule has 0 aromatic heterocycles. The normalized spacial score (nSPS) is 45.8. The highest BCUT2D eigenvalue weighted by molar-refractivity contribution is 5.75.